The number of nitrogens with one attached hydrogen (secondary N) is 1. The number of hydrogen-bond acceptors (Lipinski definition) is 4. The first-order valence-electron chi connectivity index (χ1n) is 5.95. The first kappa shape index (κ1) is 14.4. The minimum Gasteiger partial charge on any atom is -0.341 e. The molecular formula is C11H22N2O3S. The maximum Gasteiger partial charge on any atom is 0.236 e. The summed E-state index contributed by atoms with van der Waals surface area (Å²) in [6.45, 7) is 7.14. The first-order chi connectivity index (χ1) is 7.74. The molecule has 100 valence electrons. The van der Waals surface area contributed by atoms with Crippen molar-refractivity contribution in [2.45, 2.75) is 31.9 Å². The van der Waals surface area contributed by atoms with Gasteiger partial charge in [-0.1, -0.05) is 0 Å². The van der Waals surface area contributed by atoms with Crippen LogP contribution in [0.5, 0.6) is 0 Å². The van der Waals surface area contributed by atoms with E-state index in [1.165, 1.54) is 0 Å². The number of hydrogen-bond donors (Lipinski definition) is 1. The molecule has 1 aliphatic heterocycles. The van der Waals surface area contributed by atoms with Crippen molar-refractivity contribution in [1.82, 2.24) is 10.2 Å². The van der Waals surface area contributed by atoms with Crippen LogP contribution in [0, 0.1) is 0 Å². The topological polar surface area (TPSA) is 66.5 Å². The molecule has 1 N–H and O–H groups in total. The van der Waals surface area contributed by atoms with Gasteiger partial charge in [0.05, 0.1) is 17.0 Å². The third-order valence-corrected chi connectivity index (χ3v) is 5.56. The van der Waals surface area contributed by atoms with Gasteiger partial charge in [-0.15, -0.1) is 0 Å². The van der Waals surface area contributed by atoms with Crippen LogP contribution in [0.3, 0.4) is 0 Å². The molecule has 0 atom stereocenters. The Balaban J connectivity index is 2.58. The Morgan fingerprint density at radius 3 is 2.59 bits per heavy atom. The molecule has 0 unspecified atom stereocenters. The van der Waals surface area contributed by atoms with E-state index in [1.54, 1.807) is 25.7 Å². The van der Waals surface area contributed by atoms with Crippen molar-refractivity contribution < 1.29 is 13.2 Å². The number of carbonyl (C=O) groups excluding carboxylic acids is 1. The van der Waals surface area contributed by atoms with Gasteiger partial charge >= 0.3 is 0 Å². The molecule has 1 saturated heterocycles. The third kappa shape index (κ3) is 3.96. The molecule has 1 amide bonds. The smallest absolute Gasteiger partial charge is 0.236 e. The highest BCUT2D eigenvalue weighted by Gasteiger charge is 2.29. The molecular weight excluding hydrogens is 240 g/mol. The lowest BCUT2D eigenvalue weighted by molar-refractivity contribution is -0.129. The molecule has 1 aliphatic rings. The Kier molecular flexibility index (Phi) is 4.55. The Labute approximate surface area is 103 Å². The van der Waals surface area contributed by atoms with E-state index in [-0.39, 0.29) is 11.7 Å². The van der Waals surface area contributed by atoms with Gasteiger partial charge in [-0.3, -0.25) is 4.79 Å². The Morgan fingerprint density at radius 2 is 2.00 bits per heavy atom. The van der Waals surface area contributed by atoms with Gasteiger partial charge in [0.1, 0.15) is 0 Å². The molecule has 1 rings (SSSR count). The highest BCUT2D eigenvalue weighted by molar-refractivity contribution is 7.92. The maximum absolute atomic E-state index is 11.9. The summed E-state index contributed by atoms with van der Waals surface area (Å²) in [5, 5.41) is 3.01. The standard InChI is InChI=1S/C11H22N2O3S/c1-11(2,3)17(15,16)8-7-13-6-4-5-12-9-10(13)14/h12H,4-9H2,1-3H3. The lowest BCUT2D eigenvalue weighted by Gasteiger charge is -2.24. The van der Waals surface area contributed by atoms with Gasteiger partial charge in [0.25, 0.3) is 0 Å². The third-order valence-electron chi connectivity index (χ3n) is 2.97. The predicted octanol–water partition coefficient (Wildman–Crippen LogP) is 0.0216. The van der Waals surface area contributed by atoms with Crippen molar-refractivity contribution in [3.63, 3.8) is 0 Å². The van der Waals surface area contributed by atoms with Crippen molar-refractivity contribution in [2.75, 3.05) is 31.9 Å². The predicted molar refractivity (Wildman–Crippen MR) is 67.6 cm³/mol. The van der Waals surface area contributed by atoms with Gasteiger partial charge in [0.15, 0.2) is 9.84 Å². The minimum absolute atomic E-state index is 0.00777. The van der Waals surface area contributed by atoms with Crippen molar-refractivity contribution in [2.24, 2.45) is 0 Å². The number of carbonyl (C=O) groups is 1. The molecule has 0 aromatic heterocycles. The Hall–Kier alpha value is -0.620. The van der Waals surface area contributed by atoms with Crippen LogP contribution in [-0.4, -0.2) is 55.9 Å². The molecule has 5 nitrogen and oxygen atoms in total. The summed E-state index contributed by atoms with van der Waals surface area (Å²) < 4.78 is 23.1. The van der Waals surface area contributed by atoms with Crippen LogP contribution in [-0.2, 0) is 14.6 Å². The molecule has 1 fully saturated rings. The summed E-state index contributed by atoms with van der Waals surface area (Å²) in [5.74, 6) is 0.0361. The van der Waals surface area contributed by atoms with Crippen LogP contribution in [0.2, 0.25) is 0 Å². The highest BCUT2D eigenvalue weighted by Crippen LogP contribution is 2.16. The van der Waals surface area contributed by atoms with Crippen LogP contribution in [0.1, 0.15) is 27.2 Å². The van der Waals surface area contributed by atoms with Crippen molar-refractivity contribution >= 4 is 15.7 Å². The highest BCUT2D eigenvalue weighted by atomic mass is 32.2. The fraction of sp³-hybridized carbons (Fsp3) is 0.909. The fourth-order valence-corrected chi connectivity index (χ4v) is 2.67. The molecule has 6 heteroatoms. The van der Waals surface area contributed by atoms with Crippen LogP contribution >= 0.6 is 0 Å². The maximum atomic E-state index is 11.9. The summed E-state index contributed by atoms with van der Waals surface area (Å²) >= 11 is 0. The first-order valence-corrected chi connectivity index (χ1v) is 7.60. The van der Waals surface area contributed by atoms with Gasteiger partial charge in [-0.2, -0.15) is 0 Å². The molecule has 0 spiro atoms. The molecule has 17 heavy (non-hydrogen) atoms. The van der Waals surface area contributed by atoms with Gasteiger partial charge in [0.2, 0.25) is 5.91 Å². The summed E-state index contributed by atoms with van der Waals surface area (Å²) in [6, 6.07) is 0. The van der Waals surface area contributed by atoms with E-state index in [0.29, 0.717) is 19.6 Å². The fourth-order valence-electron chi connectivity index (χ4n) is 1.60. The second-order valence-corrected chi connectivity index (χ2v) is 8.20. The summed E-state index contributed by atoms with van der Waals surface area (Å²) in [4.78, 5) is 13.3. The zero-order valence-electron chi connectivity index (χ0n) is 10.8. The molecule has 0 bridgehead atoms. The number of amides is 1. The van der Waals surface area contributed by atoms with E-state index in [4.69, 9.17) is 0 Å². The average molecular weight is 262 g/mol. The van der Waals surface area contributed by atoms with Gasteiger partial charge in [-0.25, -0.2) is 8.42 Å². The van der Waals surface area contributed by atoms with Crippen molar-refractivity contribution in [3.05, 3.63) is 0 Å². The Morgan fingerprint density at radius 1 is 1.35 bits per heavy atom. The number of rotatable bonds is 3. The molecule has 0 radical (unpaired) electrons. The normalized spacial score (nSPS) is 19.2. The zero-order valence-corrected chi connectivity index (χ0v) is 11.6. The van der Waals surface area contributed by atoms with Crippen molar-refractivity contribution in [1.29, 1.82) is 0 Å². The monoisotopic (exact) mass is 262 g/mol. The quantitative estimate of drug-likeness (QED) is 0.779. The van der Waals surface area contributed by atoms with Gasteiger partial charge in [-0.05, 0) is 33.7 Å². The minimum atomic E-state index is -3.15. The average Bonchev–Trinajstić information content (AvgIpc) is 2.38. The Bertz CT molecular complexity index is 371. The van der Waals surface area contributed by atoms with E-state index in [9.17, 15) is 13.2 Å². The van der Waals surface area contributed by atoms with E-state index >= 15 is 0 Å². The summed E-state index contributed by atoms with van der Waals surface area (Å²) in [6.07, 6.45) is 0.876. The molecule has 0 aromatic rings. The van der Waals surface area contributed by atoms with Crippen LogP contribution < -0.4 is 5.32 Å². The largest absolute Gasteiger partial charge is 0.341 e. The van der Waals surface area contributed by atoms with E-state index < -0.39 is 14.6 Å². The summed E-state index contributed by atoms with van der Waals surface area (Å²) in [7, 11) is -3.15. The summed E-state index contributed by atoms with van der Waals surface area (Å²) in [5.41, 5.74) is 0. The lowest BCUT2D eigenvalue weighted by atomic mass is 10.3. The number of nitrogens with zero attached hydrogens (tertiary/aromatic N) is 1. The number of sulfone groups is 1. The SMILES string of the molecule is CC(C)(C)S(=O)(=O)CCN1CCCNCC1=O. The molecule has 1 heterocycles. The molecule has 0 aliphatic carbocycles. The van der Waals surface area contributed by atoms with Crippen molar-refractivity contribution in [3.8, 4) is 0 Å². The van der Waals surface area contributed by atoms with Gasteiger partial charge < -0.3 is 10.2 Å². The van der Waals surface area contributed by atoms with Crippen LogP contribution in [0.15, 0.2) is 0 Å². The van der Waals surface area contributed by atoms with E-state index in [0.717, 1.165) is 13.0 Å². The van der Waals surface area contributed by atoms with Crippen LogP contribution in [0.4, 0.5) is 0 Å². The second-order valence-electron chi connectivity index (χ2n) is 5.34. The molecule has 0 saturated carbocycles. The zero-order chi connectivity index (χ0) is 13.1. The van der Waals surface area contributed by atoms with E-state index in [2.05, 4.69) is 5.32 Å². The molecule has 0 aromatic carbocycles. The van der Waals surface area contributed by atoms with Gasteiger partial charge in [0, 0.05) is 13.1 Å². The van der Waals surface area contributed by atoms with E-state index in [1.807, 2.05) is 0 Å². The second kappa shape index (κ2) is 5.35. The van der Waals surface area contributed by atoms with Crippen LogP contribution in [0.25, 0.3) is 0 Å². The lowest BCUT2D eigenvalue weighted by Crippen LogP contribution is -2.40.